The number of unbranched alkanes of at least 4 members (excludes halogenated alkanes) is 2. The van der Waals surface area contributed by atoms with Crippen LogP contribution in [0.3, 0.4) is 0 Å². The summed E-state index contributed by atoms with van der Waals surface area (Å²) in [5, 5.41) is 2.80. The predicted octanol–water partition coefficient (Wildman–Crippen LogP) is 2.62. The van der Waals surface area contributed by atoms with E-state index in [1.807, 2.05) is 6.92 Å². The number of hydrogen-bond donors (Lipinski definition) is 2. The van der Waals surface area contributed by atoms with Gasteiger partial charge in [0.05, 0.1) is 25.6 Å². The normalized spacial score (nSPS) is 13.4. The Morgan fingerprint density at radius 3 is 2.83 bits per heavy atom. The molecule has 2 heterocycles. The fourth-order valence-electron chi connectivity index (χ4n) is 2.64. The SMILES string of the molecule is CCCCCOC(=O)C(C)(C)N[P+](=O)COC(C)Cn1cnc2c(N)ncnc21. The van der Waals surface area contributed by atoms with Crippen LogP contribution < -0.4 is 10.8 Å². The number of fused-ring (bicyclic) bond motifs is 1. The topological polar surface area (TPSA) is 134 Å². The van der Waals surface area contributed by atoms with Crippen molar-refractivity contribution in [1.82, 2.24) is 24.6 Å². The third kappa shape index (κ3) is 6.69. The number of anilines is 1. The molecule has 0 aliphatic heterocycles. The van der Waals surface area contributed by atoms with Crippen molar-refractivity contribution in [1.29, 1.82) is 0 Å². The van der Waals surface area contributed by atoms with Gasteiger partial charge in [0.15, 0.2) is 17.0 Å². The molecular formula is C18H30N6O4P+. The number of nitrogens with zero attached hydrogens (tertiary/aromatic N) is 4. The Balaban J connectivity index is 1.80. The maximum atomic E-state index is 12.4. The highest BCUT2D eigenvalue weighted by atomic mass is 31.1. The zero-order valence-electron chi connectivity index (χ0n) is 17.4. The van der Waals surface area contributed by atoms with Crippen LogP contribution >= 0.6 is 7.95 Å². The second kappa shape index (κ2) is 10.6. The van der Waals surface area contributed by atoms with Crippen molar-refractivity contribution in [2.75, 3.05) is 18.7 Å². The predicted molar refractivity (Wildman–Crippen MR) is 110 cm³/mol. The fraction of sp³-hybridized carbons (Fsp3) is 0.667. The van der Waals surface area contributed by atoms with E-state index in [0.29, 0.717) is 30.1 Å². The molecule has 0 aromatic carbocycles. The Kier molecular flexibility index (Phi) is 8.43. The first-order valence-electron chi connectivity index (χ1n) is 9.67. The van der Waals surface area contributed by atoms with Crippen molar-refractivity contribution in [3.63, 3.8) is 0 Å². The summed E-state index contributed by atoms with van der Waals surface area (Å²) in [7, 11) is -1.95. The van der Waals surface area contributed by atoms with Crippen LogP contribution in [-0.2, 0) is 25.4 Å². The monoisotopic (exact) mass is 425 g/mol. The third-order valence-electron chi connectivity index (χ3n) is 4.26. The first-order chi connectivity index (χ1) is 13.7. The highest BCUT2D eigenvalue weighted by Gasteiger charge is 2.37. The summed E-state index contributed by atoms with van der Waals surface area (Å²) in [5.41, 5.74) is 5.88. The van der Waals surface area contributed by atoms with Gasteiger partial charge in [-0.05, 0) is 31.8 Å². The summed E-state index contributed by atoms with van der Waals surface area (Å²) >= 11 is 0. The van der Waals surface area contributed by atoms with Crippen LogP contribution in [0, 0.1) is 0 Å². The van der Waals surface area contributed by atoms with E-state index < -0.39 is 19.5 Å². The highest BCUT2D eigenvalue weighted by molar-refractivity contribution is 7.42. The van der Waals surface area contributed by atoms with Crippen molar-refractivity contribution < 1.29 is 18.8 Å². The smallest absolute Gasteiger partial charge is 0.461 e. The summed E-state index contributed by atoms with van der Waals surface area (Å²) < 4.78 is 25.1. The number of nitrogen functional groups attached to an aromatic ring is 1. The molecule has 2 unspecified atom stereocenters. The first-order valence-corrected chi connectivity index (χ1v) is 11.1. The van der Waals surface area contributed by atoms with Gasteiger partial charge < -0.3 is 19.8 Å². The fourth-order valence-corrected chi connectivity index (χ4v) is 3.81. The molecule has 0 saturated heterocycles. The van der Waals surface area contributed by atoms with Gasteiger partial charge in [-0.25, -0.2) is 19.7 Å². The molecule has 10 nitrogen and oxygen atoms in total. The number of nitrogens with one attached hydrogen (secondary N) is 1. The molecule has 0 spiro atoms. The van der Waals surface area contributed by atoms with Crippen LogP contribution in [0.5, 0.6) is 0 Å². The number of rotatable bonds is 12. The Hall–Kier alpha value is -2.16. The Bertz CT molecular complexity index is 841. The minimum absolute atomic E-state index is 0.0349. The lowest BCUT2D eigenvalue weighted by atomic mass is 10.1. The summed E-state index contributed by atoms with van der Waals surface area (Å²) in [6.45, 7) is 8.05. The number of esters is 1. The number of ether oxygens (including phenoxy) is 2. The van der Waals surface area contributed by atoms with Crippen LogP contribution in [0.15, 0.2) is 12.7 Å². The molecule has 2 aromatic rings. The zero-order chi connectivity index (χ0) is 21.4. The first kappa shape index (κ1) is 23.1. The quantitative estimate of drug-likeness (QED) is 0.299. The summed E-state index contributed by atoms with van der Waals surface area (Å²) in [5.74, 6) is -0.106. The molecule has 0 aliphatic rings. The zero-order valence-corrected chi connectivity index (χ0v) is 18.3. The standard InChI is InChI=1S/C18H30N6O4P/c1-5-6-7-8-27-17(25)18(3,4)23-29(26)12-28-13(2)9-24-11-22-14-15(19)20-10-21-16(14)24/h10-11,13H,5-9,12H2,1-4H3,(H,23,26)(H2,19,20,21)/q+1. The largest absolute Gasteiger partial charge is 0.464 e. The van der Waals surface area contributed by atoms with Crippen LogP contribution in [0.1, 0.15) is 47.0 Å². The Morgan fingerprint density at radius 1 is 1.34 bits per heavy atom. The number of hydrogen-bond acceptors (Lipinski definition) is 8. The highest BCUT2D eigenvalue weighted by Crippen LogP contribution is 2.23. The van der Waals surface area contributed by atoms with Crippen molar-refractivity contribution in [3.8, 4) is 0 Å². The van der Waals surface area contributed by atoms with E-state index in [9.17, 15) is 9.36 Å². The third-order valence-corrected chi connectivity index (χ3v) is 5.45. The summed E-state index contributed by atoms with van der Waals surface area (Å²) in [6, 6.07) is 0. The van der Waals surface area contributed by atoms with Gasteiger partial charge in [0, 0.05) is 0 Å². The number of nitrogens with two attached hydrogens (primary N) is 1. The van der Waals surface area contributed by atoms with E-state index in [1.54, 1.807) is 24.7 Å². The van der Waals surface area contributed by atoms with E-state index in [0.717, 1.165) is 19.3 Å². The number of carbonyl (C=O) groups excluding carboxylic acids is 1. The number of aromatic nitrogens is 4. The lowest BCUT2D eigenvalue weighted by molar-refractivity contribution is -0.149. The van der Waals surface area contributed by atoms with Gasteiger partial charge in [0.25, 0.3) is 6.35 Å². The Labute approximate surface area is 171 Å². The van der Waals surface area contributed by atoms with E-state index in [2.05, 4.69) is 27.0 Å². The van der Waals surface area contributed by atoms with Crippen LogP contribution in [0.4, 0.5) is 5.82 Å². The lowest BCUT2D eigenvalue weighted by Gasteiger charge is -2.18. The van der Waals surface area contributed by atoms with Crippen LogP contribution in [-0.4, -0.2) is 50.1 Å². The molecule has 2 aromatic heterocycles. The molecule has 11 heteroatoms. The van der Waals surface area contributed by atoms with E-state index in [4.69, 9.17) is 15.2 Å². The van der Waals surface area contributed by atoms with Crippen molar-refractivity contribution in [2.45, 2.75) is 65.1 Å². The van der Waals surface area contributed by atoms with Gasteiger partial charge in [-0.3, -0.25) is 0 Å². The molecule has 0 fully saturated rings. The second-order valence-electron chi connectivity index (χ2n) is 7.39. The second-order valence-corrected chi connectivity index (χ2v) is 8.63. The molecule has 0 aliphatic carbocycles. The number of carbonyl (C=O) groups is 1. The van der Waals surface area contributed by atoms with Gasteiger partial charge >= 0.3 is 13.9 Å². The minimum Gasteiger partial charge on any atom is -0.464 e. The van der Waals surface area contributed by atoms with Crippen molar-refractivity contribution >= 4 is 30.9 Å². The molecule has 0 amide bonds. The van der Waals surface area contributed by atoms with Gasteiger partial charge in [0.1, 0.15) is 11.8 Å². The molecule has 0 radical (unpaired) electrons. The molecule has 2 rings (SSSR count). The number of imidazole rings is 1. The van der Waals surface area contributed by atoms with Crippen LogP contribution in [0.2, 0.25) is 0 Å². The summed E-state index contributed by atoms with van der Waals surface area (Å²) in [6.07, 6.45) is 5.59. The summed E-state index contributed by atoms with van der Waals surface area (Å²) in [4.78, 5) is 24.5. The minimum atomic E-state index is -1.95. The maximum absolute atomic E-state index is 12.4. The van der Waals surface area contributed by atoms with E-state index in [-0.39, 0.29) is 12.5 Å². The maximum Gasteiger partial charge on any atom is 0.461 e. The van der Waals surface area contributed by atoms with E-state index in [1.165, 1.54) is 6.33 Å². The molecule has 2 atom stereocenters. The van der Waals surface area contributed by atoms with E-state index >= 15 is 0 Å². The lowest BCUT2D eigenvalue weighted by Crippen LogP contribution is -2.44. The molecule has 0 bridgehead atoms. The van der Waals surface area contributed by atoms with Gasteiger partial charge in [-0.2, -0.15) is 0 Å². The molecule has 3 N–H and O–H groups in total. The van der Waals surface area contributed by atoms with Gasteiger partial charge in [-0.15, -0.1) is 0 Å². The van der Waals surface area contributed by atoms with Crippen LogP contribution in [0.25, 0.3) is 11.2 Å². The van der Waals surface area contributed by atoms with Gasteiger partial charge in [0.2, 0.25) is 0 Å². The van der Waals surface area contributed by atoms with Gasteiger partial charge in [-0.1, -0.05) is 24.9 Å². The molecule has 160 valence electrons. The average Bonchev–Trinajstić information content (AvgIpc) is 3.07. The molecule has 0 saturated carbocycles. The average molecular weight is 425 g/mol. The van der Waals surface area contributed by atoms with Crippen molar-refractivity contribution in [2.24, 2.45) is 0 Å². The molecule has 29 heavy (non-hydrogen) atoms. The molecular weight excluding hydrogens is 395 g/mol. The van der Waals surface area contributed by atoms with Crippen molar-refractivity contribution in [3.05, 3.63) is 12.7 Å². The Morgan fingerprint density at radius 2 is 2.10 bits per heavy atom.